The van der Waals surface area contributed by atoms with Crippen LogP contribution in [0.4, 0.5) is 19.9 Å². The van der Waals surface area contributed by atoms with E-state index in [0.717, 1.165) is 35.9 Å². The Labute approximate surface area is 781 Å². The number of rotatable bonds is 23. The molecule has 8 amide bonds. The maximum Gasteiger partial charge on any atom is 0.330 e. The van der Waals surface area contributed by atoms with Crippen LogP contribution in [-0.4, -0.2) is 273 Å². The Morgan fingerprint density at radius 2 is 0.962 bits per heavy atom. The highest BCUT2D eigenvalue weighted by Gasteiger charge is 2.63. The highest BCUT2D eigenvalue weighted by atomic mass is 32.2. The van der Waals surface area contributed by atoms with Gasteiger partial charge in [-0.05, 0) is 141 Å². The first-order chi connectivity index (χ1) is 62.5. The highest BCUT2D eigenvalue weighted by molar-refractivity contribution is 7.87. The number of carbonyl (C=O) groups is 8. The van der Waals surface area contributed by atoms with Gasteiger partial charge in [0, 0.05) is 147 Å². The second-order valence-corrected chi connectivity index (χ2v) is 44.5. The predicted octanol–water partition coefficient (Wildman–Crippen LogP) is 10.7. The normalized spacial score (nSPS) is 26.3. The number of urea groups is 2. The molecule has 2 aliphatic carbocycles. The Kier molecular flexibility index (Phi) is 31.2. The molecule has 0 radical (unpaired) electrons. The first-order valence-electron chi connectivity index (χ1n) is 45.9. The molecule has 2 aromatic carbocycles. The lowest BCUT2D eigenvalue weighted by molar-refractivity contribution is -0.146. The number of fused-ring (bicyclic) bond motifs is 6. The van der Waals surface area contributed by atoms with Crippen LogP contribution in [0, 0.1) is 22.7 Å². The monoisotopic (exact) mass is 1900 g/mol. The maximum absolute atomic E-state index is 15.0. The number of benzene rings is 2. The number of hydrogen-bond donors (Lipinski definition) is 10. The van der Waals surface area contributed by atoms with Crippen molar-refractivity contribution >= 4 is 123 Å². The van der Waals surface area contributed by atoms with E-state index in [0.29, 0.717) is 132 Å². The fourth-order valence-corrected chi connectivity index (χ4v) is 22.9. The summed E-state index contributed by atoms with van der Waals surface area (Å²) in [6.07, 6.45) is 14.0. The summed E-state index contributed by atoms with van der Waals surface area (Å²) in [6.45, 7) is 24.7. The molecule has 6 fully saturated rings. The average Bonchev–Trinajstić information content (AvgIpc) is 1.58. The Balaban J connectivity index is 0.000000225. The molecule has 2 saturated carbocycles. The number of carboxylic acids is 2. The van der Waals surface area contributed by atoms with Gasteiger partial charge in [-0.1, -0.05) is 91.5 Å². The number of anilines is 2. The van der Waals surface area contributed by atoms with Crippen molar-refractivity contribution in [1.29, 1.82) is 0 Å². The van der Waals surface area contributed by atoms with Crippen LogP contribution in [0.1, 0.15) is 186 Å². The van der Waals surface area contributed by atoms with Crippen LogP contribution in [0.25, 0.3) is 44.6 Å². The average molecular weight is 1900 g/mol. The molecule has 4 aromatic heterocycles. The second-order valence-electron chi connectivity index (χ2n) is 38.8. The number of methoxy groups -OCH3 is 2. The summed E-state index contributed by atoms with van der Waals surface area (Å²) >= 11 is 2.90. The molecule has 720 valence electrons. The fraction of sp³-hybridized carbons (Fsp3) is 0.609. The molecule has 2 unspecified atom stereocenters. The Bertz CT molecular complexity index is 5520. The molecule has 14 rings (SSSR count). The van der Waals surface area contributed by atoms with Gasteiger partial charge in [0.05, 0.1) is 49.7 Å². The zero-order chi connectivity index (χ0) is 95.3. The fourth-order valence-electron chi connectivity index (χ4n) is 17.9. The molecule has 40 heteroatoms. The smallest absolute Gasteiger partial charge is 0.330 e. The Morgan fingerprint density at radius 3 is 1.36 bits per heavy atom. The largest absolute Gasteiger partial charge is 0.497 e. The highest BCUT2D eigenvalue weighted by Crippen LogP contribution is 2.48. The molecule has 36 nitrogen and oxygen atoms in total. The molecule has 0 spiro atoms. The number of carboxylic acid groups (broad SMARTS) is 2. The summed E-state index contributed by atoms with van der Waals surface area (Å²) in [4.78, 5) is 135. The van der Waals surface area contributed by atoms with Crippen molar-refractivity contribution < 1.29 is 84.4 Å². The molecule has 6 aliphatic heterocycles. The lowest BCUT2D eigenvalue weighted by Gasteiger charge is -2.41. The summed E-state index contributed by atoms with van der Waals surface area (Å²) < 4.78 is 83.9. The van der Waals surface area contributed by atoms with E-state index in [9.17, 15) is 60.6 Å². The quantitative estimate of drug-likeness (QED) is 0.0266. The van der Waals surface area contributed by atoms with Gasteiger partial charge in [-0.25, -0.2) is 39.1 Å². The third kappa shape index (κ3) is 23.3. The van der Waals surface area contributed by atoms with E-state index in [1.165, 1.54) is 56.7 Å². The number of allylic oxidation sites excluding steroid dienone is 2. The van der Waals surface area contributed by atoms with Gasteiger partial charge in [-0.3, -0.25) is 19.2 Å². The predicted molar refractivity (Wildman–Crippen MR) is 505 cm³/mol. The zero-order valence-electron chi connectivity index (χ0n) is 78.1. The van der Waals surface area contributed by atoms with Crippen molar-refractivity contribution in [3.63, 3.8) is 0 Å². The number of aromatic nitrogens is 4. The SMILES string of the molecule is COc1ccc2c(O[C@@H]3C[C@H]4C(=O)N[C@]5(C(=O)O)CC5/C=C\CCCCC[C@H](NC(=O)N[C@H](CN5CCCN(C(C)C)S5(=O)=O)C(C)(C)C)C(=O)N4C3)cc(-c3csc(NC(C)C)n3)nc2c1.COc1ccc2c(O[C@@H]3C[C@H]4C(=O)N[C@]5(C(=O)O)CC5/C=C\CCCCC[C@H](NC(=O)N[C@H](CN5CCCN(C)S5(=O)=O)C(C)(C)C)C(=O)N4C3)cc(-c3csc(NC(C)C)n3)nc2c1. The number of amides is 8. The van der Waals surface area contributed by atoms with Crippen LogP contribution in [0.5, 0.6) is 23.0 Å². The second kappa shape index (κ2) is 41.4. The maximum atomic E-state index is 15.0. The summed E-state index contributed by atoms with van der Waals surface area (Å²) in [5.74, 6) is -3.32. The van der Waals surface area contributed by atoms with E-state index in [2.05, 4.69) is 42.5 Å². The van der Waals surface area contributed by atoms with Crippen LogP contribution >= 0.6 is 22.7 Å². The topological polar surface area (TPSA) is 449 Å². The lowest BCUT2D eigenvalue weighted by atomic mass is 9.86. The summed E-state index contributed by atoms with van der Waals surface area (Å²) in [5, 5.41) is 51.5. The minimum absolute atomic E-state index is 0.0327. The standard InChI is InChI=1S/C47H67N9O9S2.C45H63N9O9S2/c1-28(2)48-45-51-37(27-66-45)36-23-39(33-18-17-31(64-8)21-35(33)49-36)65-32-22-38-41(57)53-47(43(59)60)24-30(47)15-12-10-9-11-13-16-34(42(58)55(38)25-32)50-44(61)52-40(46(5,6)7)26-54-19-14-20-56(29(3)4)67(54,62)63;1-27(2)46-43-49-35(26-64-43)34-22-37(31-17-16-29(62-7)20-33(31)47-34)63-30-21-36-39(55)51-45(41(57)58)23-28(45)14-11-9-8-10-12-15-32(40(56)54(36)24-30)48-42(59)50-38(44(3,4)5)25-53-19-13-18-52(6)65(53,60)61/h12,15,17-18,21,23,27-30,32,34,38,40H,9-11,13-14,16,19-20,22,24-26H2,1-8H3,(H,48,51)(H,53,57)(H,59,60)(H2,50,52,61);11,14,16-17,20,22,26-28,30,32,36,38H,8-10,12-13,15,18-19,21,23-25H2,1-7H3,(H,46,49)(H,51,55)(H,57,58)(H2,48,50,59)/b15-12-;14-11-/t30?,32-,34+,38+,40-,47-;28?,30-,32+,36+,38-,45-/m11/s1. The van der Waals surface area contributed by atoms with Gasteiger partial charge < -0.3 is 81.5 Å². The minimum atomic E-state index is -3.78. The molecule has 12 atom stereocenters. The van der Waals surface area contributed by atoms with Crippen molar-refractivity contribution in [3.8, 4) is 45.8 Å². The van der Waals surface area contributed by atoms with E-state index in [1.54, 1.807) is 50.6 Å². The van der Waals surface area contributed by atoms with Gasteiger partial charge in [-0.15, -0.1) is 22.7 Å². The van der Waals surface area contributed by atoms with Crippen LogP contribution < -0.4 is 61.5 Å². The van der Waals surface area contributed by atoms with Crippen molar-refractivity contribution in [2.45, 2.75) is 263 Å². The molecular weight excluding hydrogens is 1770 g/mol. The zero-order valence-corrected chi connectivity index (χ0v) is 81.4. The van der Waals surface area contributed by atoms with Crippen molar-refractivity contribution in [3.05, 3.63) is 83.6 Å². The number of nitrogens with one attached hydrogen (secondary N) is 8. The third-order valence-electron chi connectivity index (χ3n) is 25.8. The Hall–Kier alpha value is -10.1. The van der Waals surface area contributed by atoms with Crippen LogP contribution in [0.3, 0.4) is 0 Å². The van der Waals surface area contributed by atoms with E-state index >= 15 is 4.79 Å². The number of aliphatic carboxylic acids is 2. The minimum Gasteiger partial charge on any atom is -0.497 e. The summed E-state index contributed by atoms with van der Waals surface area (Å²) in [7, 11) is -2.83. The molecule has 4 saturated heterocycles. The Morgan fingerprint density at radius 1 is 0.545 bits per heavy atom. The van der Waals surface area contributed by atoms with Crippen molar-refractivity contribution in [2.24, 2.45) is 22.7 Å². The molecule has 10 N–H and O–H groups in total. The summed E-state index contributed by atoms with van der Waals surface area (Å²) in [5.41, 5.74) is -0.681. The number of carbonyl (C=O) groups excluding carboxylic acids is 6. The molecular formula is C92H130N18O18S4. The van der Waals surface area contributed by atoms with Gasteiger partial charge in [0.1, 0.15) is 81.8 Å². The van der Waals surface area contributed by atoms with Gasteiger partial charge in [0.2, 0.25) is 23.6 Å². The van der Waals surface area contributed by atoms with Crippen LogP contribution in [0.15, 0.2) is 83.6 Å². The van der Waals surface area contributed by atoms with Crippen molar-refractivity contribution in [1.82, 2.24) is 78.9 Å². The number of thiazole rings is 2. The molecule has 6 aromatic rings. The van der Waals surface area contributed by atoms with Crippen LogP contribution in [0.2, 0.25) is 0 Å². The molecule has 10 heterocycles. The van der Waals surface area contributed by atoms with E-state index in [-0.39, 0.29) is 82.8 Å². The van der Waals surface area contributed by atoms with E-state index in [1.807, 2.05) is 130 Å². The van der Waals surface area contributed by atoms with E-state index in [4.69, 9.17) is 38.9 Å². The van der Waals surface area contributed by atoms with Crippen molar-refractivity contribution in [2.75, 3.05) is 84.3 Å². The number of nitrogens with zero attached hydrogens (tertiary/aromatic N) is 10. The van der Waals surface area contributed by atoms with E-state index < -0.39 is 150 Å². The number of ether oxygens (including phenoxy) is 4. The molecule has 8 aliphatic rings. The lowest BCUT2D eigenvalue weighted by Crippen LogP contribution is -2.61. The molecule has 0 bridgehead atoms. The van der Waals surface area contributed by atoms with Gasteiger partial charge in [0.15, 0.2) is 10.3 Å². The third-order valence-corrected chi connectivity index (χ3v) is 31.5. The molecule has 132 heavy (non-hydrogen) atoms. The summed E-state index contributed by atoms with van der Waals surface area (Å²) in [6, 6.07) is 7.55. The van der Waals surface area contributed by atoms with Gasteiger partial charge in [-0.2, -0.15) is 34.1 Å². The number of hydrogen-bond acceptors (Lipinski definition) is 24. The first-order valence-corrected chi connectivity index (χ1v) is 50.5. The van der Waals surface area contributed by atoms with Gasteiger partial charge in [0.25, 0.3) is 20.4 Å². The first kappa shape index (κ1) is 99.4. The number of pyridine rings is 2. The van der Waals surface area contributed by atoms with Gasteiger partial charge >= 0.3 is 24.0 Å². The van der Waals surface area contributed by atoms with Crippen LogP contribution in [-0.2, 0) is 49.2 Å².